The molecule has 2 aliphatic rings. The van der Waals surface area contributed by atoms with Crippen LogP contribution in [0.4, 0.5) is 0 Å². The first kappa shape index (κ1) is 13.1. The number of benzene rings is 2. The molecule has 108 valence electrons. The largest absolute Gasteiger partial charge is 0.306 e. The Labute approximate surface area is 126 Å². The summed E-state index contributed by atoms with van der Waals surface area (Å²) >= 11 is 0. The van der Waals surface area contributed by atoms with Crippen molar-refractivity contribution < 1.29 is 0 Å². The first-order valence-electron chi connectivity index (χ1n) is 7.97. The van der Waals surface area contributed by atoms with Gasteiger partial charge in [-0.15, -0.1) is 0 Å². The lowest BCUT2D eigenvalue weighted by molar-refractivity contribution is 0.298. The van der Waals surface area contributed by atoms with Crippen molar-refractivity contribution >= 4 is 0 Å². The van der Waals surface area contributed by atoms with Crippen LogP contribution in [-0.4, -0.2) is 18.0 Å². The van der Waals surface area contributed by atoms with Crippen molar-refractivity contribution in [1.82, 2.24) is 10.2 Å². The summed E-state index contributed by atoms with van der Waals surface area (Å²) in [7, 11) is 0. The zero-order chi connectivity index (χ0) is 14.1. The maximum Gasteiger partial charge on any atom is 0.0367 e. The summed E-state index contributed by atoms with van der Waals surface area (Å²) in [5.74, 6) is 0.748. The summed E-state index contributed by atoms with van der Waals surface area (Å²) in [6.07, 6.45) is 1.30. The quantitative estimate of drug-likeness (QED) is 0.926. The van der Waals surface area contributed by atoms with E-state index in [1.807, 2.05) is 0 Å². The van der Waals surface area contributed by atoms with Gasteiger partial charge in [-0.25, -0.2) is 0 Å². The van der Waals surface area contributed by atoms with Gasteiger partial charge in [-0.2, -0.15) is 0 Å². The molecular weight excluding hydrogens is 256 g/mol. The second-order valence-electron chi connectivity index (χ2n) is 6.33. The molecule has 2 aliphatic heterocycles. The summed E-state index contributed by atoms with van der Waals surface area (Å²) in [5, 5.41) is 3.72. The van der Waals surface area contributed by atoms with Crippen molar-refractivity contribution in [2.24, 2.45) is 5.92 Å². The molecule has 0 bridgehead atoms. The number of nitrogens with zero attached hydrogens (tertiary/aromatic N) is 1. The third-order valence-corrected chi connectivity index (χ3v) is 4.93. The summed E-state index contributed by atoms with van der Waals surface area (Å²) in [6.45, 7) is 4.56. The highest BCUT2D eigenvalue weighted by atomic mass is 15.2. The molecule has 0 amide bonds. The lowest BCUT2D eigenvalue weighted by Crippen LogP contribution is -2.26. The third-order valence-electron chi connectivity index (χ3n) is 4.93. The lowest BCUT2D eigenvalue weighted by Gasteiger charge is -2.21. The van der Waals surface area contributed by atoms with Crippen LogP contribution >= 0.6 is 0 Å². The van der Waals surface area contributed by atoms with Gasteiger partial charge in [0.25, 0.3) is 0 Å². The molecule has 1 N–H and O–H groups in total. The molecule has 21 heavy (non-hydrogen) atoms. The molecule has 1 fully saturated rings. The van der Waals surface area contributed by atoms with Gasteiger partial charge in [0.05, 0.1) is 0 Å². The molecule has 0 aliphatic carbocycles. The van der Waals surface area contributed by atoms with Crippen LogP contribution in [0.5, 0.6) is 0 Å². The van der Waals surface area contributed by atoms with E-state index in [0.717, 1.165) is 19.0 Å². The number of likely N-dealkylation sites (tertiary alicyclic amines) is 1. The topological polar surface area (TPSA) is 15.3 Å². The van der Waals surface area contributed by atoms with Crippen LogP contribution in [-0.2, 0) is 13.1 Å². The van der Waals surface area contributed by atoms with Crippen LogP contribution in [0.25, 0.3) is 0 Å². The van der Waals surface area contributed by atoms with E-state index >= 15 is 0 Å². The molecule has 2 aromatic rings. The minimum Gasteiger partial charge on any atom is -0.306 e. The third kappa shape index (κ3) is 2.61. The fourth-order valence-corrected chi connectivity index (χ4v) is 3.87. The molecule has 0 radical (unpaired) electrons. The SMILES string of the molecule is c1ccc(CN2CCC(C3NCc4ccccc43)C2)cc1. The Morgan fingerprint density at radius 2 is 1.81 bits per heavy atom. The number of nitrogens with one attached hydrogen (secondary N) is 1. The Morgan fingerprint density at radius 3 is 2.71 bits per heavy atom. The number of hydrogen-bond acceptors (Lipinski definition) is 2. The Kier molecular flexibility index (Phi) is 3.50. The van der Waals surface area contributed by atoms with Crippen LogP contribution in [0, 0.1) is 5.92 Å². The highest BCUT2D eigenvalue weighted by molar-refractivity contribution is 5.34. The zero-order valence-corrected chi connectivity index (χ0v) is 12.3. The first-order chi connectivity index (χ1) is 10.4. The van der Waals surface area contributed by atoms with E-state index in [4.69, 9.17) is 0 Å². The fraction of sp³-hybridized carbons (Fsp3) is 0.368. The highest BCUT2D eigenvalue weighted by Gasteiger charge is 2.33. The Hall–Kier alpha value is -1.64. The van der Waals surface area contributed by atoms with Gasteiger partial charge >= 0.3 is 0 Å². The molecule has 4 rings (SSSR count). The van der Waals surface area contributed by atoms with Gasteiger partial charge in [-0.05, 0) is 35.6 Å². The van der Waals surface area contributed by atoms with E-state index in [-0.39, 0.29) is 0 Å². The summed E-state index contributed by atoms with van der Waals surface area (Å²) in [4.78, 5) is 2.60. The van der Waals surface area contributed by atoms with Crippen LogP contribution in [0.15, 0.2) is 54.6 Å². The molecule has 2 heterocycles. The van der Waals surface area contributed by atoms with Crippen molar-refractivity contribution in [3.63, 3.8) is 0 Å². The molecule has 0 saturated carbocycles. The van der Waals surface area contributed by atoms with E-state index in [9.17, 15) is 0 Å². The summed E-state index contributed by atoms with van der Waals surface area (Å²) in [5.41, 5.74) is 4.45. The van der Waals surface area contributed by atoms with Crippen LogP contribution < -0.4 is 5.32 Å². The molecule has 2 unspecified atom stereocenters. The predicted molar refractivity (Wildman–Crippen MR) is 85.8 cm³/mol. The van der Waals surface area contributed by atoms with Crippen LogP contribution in [0.1, 0.15) is 29.2 Å². The number of fused-ring (bicyclic) bond motifs is 1. The molecule has 0 spiro atoms. The maximum absolute atomic E-state index is 3.72. The van der Waals surface area contributed by atoms with Gasteiger partial charge in [-0.3, -0.25) is 4.90 Å². The second kappa shape index (κ2) is 5.63. The highest BCUT2D eigenvalue weighted by Crippen LogP contribution is 2.36. The Bertz CT molecular complexity index is 608. The Morgan fingerprint density at radius 1 is 1.00 bits per heavy atom. The standard InChI is InChI=1S/C19H22N2/c1-2-6-15(7-3-1)13-21-11-10-17(14-21)19-18-9-5-4-8-16(18)12-20-19/h1-9,17,19-20H,10-14H2. The van der Waals surface area contributed by atoms with E-state index in [1.54, 1.807) is 0 Å². The van der Waals surface area contributed by atoms with Gasteiger partial charge in [0.15, 0.2) is 0 Å². The molecule has 1 saturated heterocycles. The van der Waals surface area contributed by atoms with Gasteiger partial charge < -0.3 is 5.32 Å². The van der Waals surface area contributed by atoms with E-state index < -0.39 is 0 Å². The second-order valence-corrected chi connectivity index (χ2v) is 6.33. The van der Waals surface area contributed by atoms with E-state index in [0.29, 0.717) is 6.04 Å². The summed E-state index contributed by atoms with van der Waals surface area (Å²) < 4.78 is 0. The van der Waals surface area contributed by atoms with Crippen molar-refractivity contribution in [1.29, 1.82) is 0 Å². The summed E-state index contributed by atoms with van der Waals surface area (Å²) in [6, 6.07) is 20.3. The van der Waals surface area contributed by atoms with Gasteiger partial charge in [0, 0.05) is 25.7 Å². The average molecular weight is 278 g/mol. The van der Waals surface area contributed by atoms with Crippen LogP contribution in [0.3, 0.4) is 0 Å². The fourth-order valence-electron chi connectivity index (χ4n) is 3.87. The van der Waals surface area contributed by atoms with Crippen LogP contribution in [0.2, 0.25) is 0 Å². The molecule has 2 heteroatoms. The van der Waals surface area contributed by atoms with E-state index in [2.05, 4.69) is 64.8 Å². The molecule has 2 aromatic carbocycles. The Balaban J connectivity index is 1.43. The van der Waals surface area contributed by atoms with Gasteiger partial charge in [-0.1, -0.05) is 54.6 Å². The molecule has 2 atom stereocenters. The van der Waals surface area contributed by atoms with Crippen molar-refractivity contribution in [3.05, 3.63) is 71.3 Å². The monoisotopic (exact) mass is 278 g/mol. The minimum absolute atomic E-state index is 0.557. The van der Waals surface area contributed by atoms with Crippen molar-refractivity contribution in [2.75, 3.05) is 13.1 Å². The molecule has 2 nitrogen and oxygen atoms in total. The predicted octanol–water partition coefficient (Wildman–Crippen LogP) is 3.35. The minimum atomic E-state index is 0.557. The number of rotatable bonds is 3. The van der Waals surface area contributed by atoms with Gasteiger partial charge in [0.1, 0.15) is 0 Å². The van der Waals surface area contributed by atoms with Gasteiger partial charge in [0.2, 0.25) is 0 Å². The van der Waals surface area contributed by atoms with Crippen molar-refractivity contribution in [2.45, 2.75) is 25.6 Å². The zero-order valence-electron chi connectivity index (χ0n) is 12.3. The molecular formula is C19H22N2. The smallest absolute Gasteiger partial charge is 0.0367 e. The number of hydrogen-bond donors (Lipinski definition) is 1. The normalized spacial score (nSPS) is 25.1. The maximum atomic E-state index is 3.72. The molecule has 0 aromatic heterocycles. The lowest BCUT2D eigenvalue weighted by atomic mass is 9.93. The van der Waals surface area contributed by atoms with Crippen molar-refractivity contribution in [3.8, 4) is 0 Å². The average Bonchev–Trinajstić information content (AvgIpc) is 3.14. The first-order valence-corrected chi connectivity index (χ1v) is 7.97. The van der Waals surface area contributed by atoms with E-state index in [1.165, 1.54) is 36.2 Å².